The fourth-order valence-corrected chi connectivity index (χ4v) is 3.65. The zero-order valence-corrected chi connectivity index (χ0v) is 16.8. The number of carbonyl (C=O) groups is 2. The molecule has 8 nitrogen and oxygen atoms in total. The van der Waals surface area contributed by atoms with Crippen LogP contribution in [-0.4, -0.2) is 51.0 Å². The first-order valence-corrected chi connectivity index (χ1v) is 9.96. The number of esters is 1. The topological polar surface area (TPSA) is 111 Å². The van der Waals surface area contributed by atoms with E-state index in [-0.39, 0.29) is 29.6 Å². The molecule has 1 aliphatic rings. The minimum atomic E-state index is -0.763. The van der Waals surface area contributed by atoms with Crippen LogP contribution in [0.1, 0.15) is 37.0 Å². The van der Waals surface area contributed by atoms with Crippen LogP contribution in [0.15, 0.2) is 28.2 Å². The van der Waals surface area contributed by atoms with Gasteiger partial charge in [-0.25, -0.2) is 9.78 Å². The summed E-state index contributed by atoms with van der Waals surface area (Å²) in [5.74, 6) is -0.642. The number of aliphatic hydroxyl groups excluding tert-OH is 1. The lowest BCUT2D eigenvalue weighted by molar-refractivity contribution is -0.120. The molecule has 0 saturated heterocycles. The molecule has 2 atom stereocenters. The summed E-state index contributed by atoms with van der Waals surface area (Å²) >= 11 is 1.15. The van der Waals surface area contributed by atoms with E-state index in [9.17, 15) is 19.5 Å². The van der Waals surface area contributed by atoms with E-state index in [1.165, 1.54) is 29.9 Å². The number of hydrogen-bond donors (Lipinski definition) is 2. The lowest BCUT2D eigenvalue weighted by atomic mass is 10.1. The number of nitrogens with one attached hydrogen (secondary N) is 1. The number of fused-ring (bicyclic) bond motifs is 1. The summed E-state index contributed by atoms with van der Waals surface area (Å²) in [5, 5.41) is 12.9. The first kappa shape index (κ1) is 20.3. The van der Waals surface area contributed by atoms with Crippen molar-refractivity contribution in [2.45, 2.75) is 55.8 Å². The Morgan fingerprint density at radius 3 is 2.71 bits per heavy atom. The molecule has 0 unspecified atom stereocenters. The molecule has 1 amide bonds. The van der Waals surface area contributed by atoms with E-state index in [1.54, 1.807) is 13.8 Å². The molecule has 9 heteroatoms. The van der Waals surface area contributed by atoms with Gasteiger partial charge in [0.15, 0.2) is 5.16 Å². The van der Waals surface area contributed by atoms with Gasteiger partial charge in [0.2, 0.25) is 5.91 Å². The lowest BCUT2D eigenvalue weighted by Crippen LogP contribution is -2.34. The molecule has 0 radical (unpaired) electrons. The van der Waals surface area contributed by atoms with Gasteiger partial charge in [0.05, 0.1) is 41.5 Å². The molecule has 1 aliphatic carbocycles. The lowest BCUT2D eigenvalue weighted by Gasteiger charge is -2.17. The van der Waals surface area contributed by atoms with Crippen LogP contribution >= 0.6 is 11.8 Å². The molecule has 3 rings (SSSR count). The molecular formula is C19H23N3O5S. The fourth-order valence-electron chi connectivity index (χ4n) is 2.72. The minimum Gasteiger partial charge on any atom is -0.465 e. The second-order valence-electron chi connectivity index (χ2n) is 6.93. The van der Waals surface area contributed by atoms with E-state index in [0.29, 0.717) is 16.1 Å². The monoisotopic (exact) mass is 405 g/mol. The van der Waals surface area contributed by atoms with Crippen molar-refractivity contribution >= 4 is 34.5 Å². The molecular weight excluding hydrogens is 382 g/mol. The van der Waals surface area contributed by atoms with E-state index < -0.39 is 17.3 Å². The Bertz CT molecular complexity index is 968. The van der Waals surface area contributed by atoms with Gasteiger partial charge in [-0.1, -0.05) is 11.8 Å². The Labute approximate surface area is 166 Å². The summed E-state index contributed by atoms with van der Waals surface area (Å²) in [6, 6.07) is 4.76. The number of nitrogens with zero attached hydrogens (tertiary/aromatic N) is 2. The van der Waals surface area contributed by atoms with Gasteiger partial charge in [0, 0.05) is 6.04 Å². The van der Waals surface area contributed by atoms with Gasteiger partial charge in [-0.05, 0) is 44.9 Å². The number of benzene rings is 1. The minimum absolute atomic E-state index is 0.0554. The molecule has 1 aromatic carbocycles. The first-order chi connectivity index (χ1) is 13.3. The van der Waals surface area contributed by atoms with Crippen LogP contribution in [0, 0.1) is 0 Å². The SMILES string of the molecule is COC(=O)c1ccc2c(=O)n(C[C@H](C)O)c(S[C@@H](C)C(=O)NC3CC3)nc2c1. The zero-order valence-electron chi connectivity index (χ0n) is 16.0. The number of thioether (sulfide) groups is 1. The number of amides is 1. The largest absolute Gasteiger partial charge is 0.465 e. The van der Waals surface area contributed by atoms with Crippen LogP contribution in [0.5, 0.6) is 0 Å². The third kappa shape index (κ3) is 4.53. The van der Waals surface area contributed by atoms with E-state index in [4.69, 9.17) is 4.74 Å². The summed E-state index contributed by atoms with van der Waals surface area (Å²) in [6.07, 6.45) is 1.21. The molecule has 0 spiro atoms. The average Bonchev–Trinajstić information content (AvgIpc) is 3.47. The number of aromatic nitrogens is 2. The highest BCUT2D eigenvalue weighted by atomic mass is 32.2. The molecule has 1 fully saturated rings. The zero-order chi connectivity index (χ0) is 20.4. The van der Waals surface area contributed by atoms with Crippen molar-refractivity contribution in [3.8, 4) is 0 Å². The number of aliphatic hydroxyl groups is 1. The molecule has 0 bridgehead atoms. The first-order valence-electron chi connectivity index (χ1n) is 9.08. The maximum Gasteiger partial charge on any atom is 0.337 e. The second-order valence-corrected chi connectivity index (χ2v) is 8.23. The van der Waals surface area contributed by atoms with Crippen molar-refractivity contribution in [1.29, 1.82) is 0 Å². The summed E-state index contributed by atoms with van der Waals surface area (Å²) in [6.45, 7) is 3.38. The summed E-state index contributed by atoms with van der Waals surface area (Å²) < 4.78 is 6.09. The maximum absolute atomic E-state index is 13.0. The highest BCUT2D eigenvalue weighted by Crippen LogP contribution is 2.25. The number of rotatable bonds is 7. The highest BCUT2D eigenvalue weighted by Gasteiger charge is 2.27. The molecule has 1 heterocycles. The predicted octanol–water partition coefficient (Wildman–Crippen LogP) is 1.32. The van der Waals surface area contributed by atoms with Crippen LogP contribution in [0.2, 0.25) is 0 Å². The molecule has 1 saturated carbocycles. The molecule has 150 valence electrons. The molecule has 0 aliphatic heterocycles. The average molecular weight is 405 g/mol. The van der Waals surface area contributed by atoms with Crippen LogP contribution < -0.4 is 10.9 Å². The van der Waals surface area contributed by atoms with Gasteiger partial charge in [-0.3, -0.25) is 14.2 Å². The quantitative estimate of drug-likeness (QED) is 0.406. The number of ether oxygens (including phenoxy) is 1. The Morgan fingerprint density at radius 2 is 2.11 bits per heavy atom. The maximum atomic E-state index is 13.0. The van der Waals surface area contributed by atoms with Crippen LogP contribution in [-0.2, 0) is 16.1 Å². The van der Waals surface area contributed by atoms with E-state index in [1.807, 2.05) is 0 Å². The summed E-state index contributed by atoms with van der Waals surface area (Å²) in [5.41, 5.74) is 0.289. The van der Waals surface area contributed by atoms with Crippen LogP contribution in [0.25, 0.3) is 10.9 Å². The molecule has 2 N–H and O–H groups in total. The van der Waals surface area contributed by atoms with Gasteiger partial charge in [-0.15, -0.1) is 0 Å². The number of hydrogen-bond acceptors (Lipinski definition) is 7. The van der Waals surface area contributed by atoms with E-state index >= 15 is 0 Å². The van der Waals surface area contributed by atoms with Crippen molar-refractivity contribution in [3.05, 3.63) is 34.1 Å². The van der Waals surface area contributed by atoms with Crippen molar-refractivity contribution in [3.63, 3.8) is 0 Å². The standard InChI is InChI=1S/C19H23N3O5S/c1-10(23)9-22-17(25)14-7-4-12(18(26)27-3)8-15(14)21-19(22)28-11(2)16(24)20-13-5-6-13/h4,7-8,10-11,13,23H,5-6,9H2,1-3H3,(H,20,24)/t10-,11-/m0/s1. The van der Waals surface area contributed by atoms with Crippen molar-refractivity contribution in [1.82, 2.24) is 14.9 Å². The van der Waals surface area contributed by atoms with Gasteiger partial charge in [0.25, 0.3) is 5.56 Å². The predicted molar refractivity (Wildman–Crippen MR) is 106 cm³/mol. The Morgan fingerprint density at radius 1 is 1.39 bits per heavy atom. The second kappa shape index (κ2) is 8.32. The van der Waals surface area contributed by atoms with E-state index in [2.05, 4.69) is 10.3 Å². The third-order valence-corrected chi connectivity index (χ3v) is 5.45. The molecule has 1 aromatic heterocycles. The van der Waals surface area contributed by atoms with Crippen molar-refractivity contribution < 1.29 is 19.4 Å². The smallest absolute Gasteiger partial charge is 0.337 e. The summed E-state index contributed by atoms with van der Waals surface area (Å²) in [7, 11) is 1.28. The van der Waals surface area contributed by atoms with Gasteiger partial charge >= 0.3 is 5.97 Å². The van der Waals surface area contributed by atoms with Gasteiger partial charge in [-0.2, -0.15) is 0 Å². The number of carbonyl (C=O) groups excluding carboxylic acids is 2. The van der Waals surface area contributed by atoms with Crippen molar-refractivity contribution in [2.24, 2.45) is 0 Å². The third-order valence-electron chi connectivity index (χ3n) is 4.36. The van der Waals surface area contributed by atoms with Crippen molar-refractivity contribution in [2.75, 3.05) is 7.11 Å². The van der Waals surface area contributed by atoms with E-state index in [0.717, 1.165) is 24.6 Å². The Hall–Kier alpha value is -2.39. The Kier molecular flexibility index (Phi) is 6.04. The van der Waals surface area contributed by atoms with Gasteiger partial charge < -0.3 is 15.2 Å². The normalized spacial score (nSPS) is 15.9. The molecule has 2 aromatic rings. The van der Waals surface area contributed by atoms with Crippen LogP contribution in [0.3, 0.4) is 0 Å². The Balaban J connectivity index is 2.02. The van der Waals surface area contributed by atoms with Crippen LogP contribution in [0.4, 0.5) is 0 Å². The fraction of sp³-hybridized carbons (Fsp3) is 0.474. The highest BCUT2D eigenvalue weighted by molar-refractivity contribution is 8.00. The van der Waals surface area contributed by atoms with Gasteiger partial charge in [0.1, 0.15) is 0 Å². The number of methoxy groups -OCH3 is 1. The molecule has 28 heavy (non-hydrogen) atoms. The summed E-state index contributed by atoms with van der Waals surface area (Å²) in [4.78, 5) is 41.6.